The van der Waals surface area contributed by atoms with Crippen molar-refractivity contribution in [2.45, 2.75) is 13.2 Å². The van der Waals surface area contributed by atoms with Gasteiger partial charge >= 0.3 is 12.6 Å². The van der Waals surface area contributed by atoms with E-state index in [4.69, 9.17) is 5.11 Å². The summed E-state index contributed by atoms with van der Waals surface area (Å²) in [6.07, 6.45) is 0. The molecule has 21 heavy (non-hydrogen) atoms. The van der Waals surface area contributed by atoms with Crippen LogP contribution in [0.1, 0.15) is 15.9 Å². The topological polar surface area (TPSA) is 58.6 Å². The fourth-order valence-electron chi connectivity index (χ4n) is 1.79. The zero-order valence-corrected chi connectivity index (χ0v) is 10.9. The Morgan fingerprint density at radius 2 is 1.81 bits per heavy atom. The van der Waals surface area contributed by atoms with Gasteiger partial charge in [-0.25, -0.2) is 4.79 Å². The number of benzene rings is 2. The van der Waals surface area contributed by atoms with Gasteiger partial charge in [0, 0.05) is 17.8 Å². The molecule has 0 heterocycles. The highest BCUT2D eigenvalue weighted by Gasteiger charge is 2.09. The van der Waals surface area contributed by atoms with E-state index in [1.165, 1.54) is 18.2 Å². The molecule has 0 spiro atoms. The fourth-order valence-corrected chi connectivity index (χ4v) is 1.79. The molecule has 2 aromatic carbocycles. The molecule has 0 saturated heterocycles. The molecule has 0 aromatic heterocycles. The Bertz CT molecular complexity index is 615. The average molecular weight is 293 g/mol. The second-order valence-electron chi connectivity index (χ2n) is 4.22. The molecule has 0 radical (unpaired) electrons. The molecular formula is C15H13F2NO3. The van der Waals surface area contributed by atoms with Crippen LogP contribution in [0.25, 0.3) is 0 Å². The van der Waals surface area contributed by atoms with E-state index in [1.807, 2.05) is 0 Å². The first-order valence-corrected chi connectivity index (χ1v) is 6.16. The molecule has 2 N–H and O–H groups in total. The van der Waals surface area contributed by atoms with Crippen molar-refractivity contribution in [3.8, 4) is 5.75 Å². The van der Waals surface area contributed by atoms with Gasteiger partial charge in [0.1, 0.15) is 5.75 Å². The van der Waals surface area contributed by atoms with Crippen LogP contribution in [0.15, 0.2) is 48.5 Å². The lowest BCUT2D eigenvalue weighted by molar-refractivity contribution is -0.0504. The largest absolute Gasteiger partial charge is 0.478 e. The summed E-state index contributed by atoms with van der Waals surface area (Å²) in [5, 5.41) is 11.8. The van der Waals surface area contributed by atoms with Crippen molar-refractivity contribution in [1.29, 1.82) is 0 Å². The van der Waals surface area contributed by atoms with Gasteiger partial charge in [0.25, 0.3) is 0 Å². The van der Waals surface area contributed by atoms with E-state index >= 15 is 0 Å². The van der Waals surface area contributed by atoms with E-state index in [1.54, 1.807) is 30.3 Å². The summed E-state index contributed by atoms with van der Waals surface area (Å²) in [5.74, 6) is -0.889. The summed E-state index contributed by atoms with van der Waals surface area (Å²) in [5.41, 5.74) is 1.45. The fraction of sp³-hybridized carbons (Fsp3) is 0.133. The number of nitrogens with one attached hydrogen (secondary N) is 1. The summed E-state index contributed by atoms with van der Waals surface area (Å²) in [7, 11) is 0. The normalized spacial score (nSPS) is 10.4. The molecule has 110 valence electrons. The van der Waals surface area contributed by atoms with E-state index in [9.17, 15) is 13.6 Å². The summed E-state index contributed by atoms with van der Waals surface area (Å²) in [6, 6.07) is 12.6. The van der Waals surface area contributed by atoms with Gasteiger partial charge in [-0.1, -0.05) is 18.2 Å². The Kier molecular flexibility index (Phi) is 4.71. The number of alkyl halides is 2. The number of aromatic carboxylic acids is 1. The molecule has 0 saturated carbocycles. The summed E-state index contributed by atoms with van der Waals surface area (Å²) in [6.45, 7) is -2.59. The number of carbonyl (C=O) groups is 1. The third-order valence-electron chi connectivity index (χ3n) is 2.80. The molecule has 6 heteroatoms. The van der Waals surface area contributed by atoms with E-state index in [0.717, 1.165) is 0 Å². The number of rotatable bonds is 6. The van der Waals surface area contributed by atoms with Crippen molar-refractivity contribution in [2.75, 3.05) is 5.32 Å². The Labute approximate surface area is 120 Å². The third-order valence-corrected chi connectivity index (χ3v) is 2.80. The van der Waals surface area contributed by atoms with Crippen LogP contribution in [0, 0.1) is 0 Å². The molecule has 0 aliphatic heterocycles. The molecule has 2 aromatic rings. The maximum atomic E-state index is 12.3. The minimum absolute atomic E-state index is 0.113. The van der Waals surface area contributed by atoms with Crippen LogP contribution < -0.4 is 10.1 Å². The van der Waals surface area contributed by atoms with Gasteiger partial charge in [-0.05, 0) is 30.3 Å². The quantitative estimate of drug-likeness (QED) is 0.854. The van der Waals surface area contributed by atoms with E-state index < -0.39 is 12.6 Å². The molecule has 0 aliphatic rings. The zero-order valence-electron chi connectivity index (χ0n) is 10.9. The Morgan fingerprint density at radius 3 is 2.43 bits per heavy atom. The number of carboxylic acids is 1. The van der Waals surface area contributed by atoms with Crippen LogP contribution in [-0.4, -0.2) is 17.7 Å². The SMILES string of the molecule is O=C(O)c1ccc(NCc2ccccc2OC(F)F)cc1. The first kappa shape index (κ1) is 14.8. The van der Waals surface area contributed by atoms with Crippen molar-refractivity contribution in [3.05, 3.63) is 59.7 Å². The lowest BCUT2D eigenvalue weighted by atomic mass is 10.2. The predicted octanol–water partition coefficient (Wildman–Crippen LogP) is 3.60. The van der Waals surface area contributed by atoms with Gasteiger partial charge in [0.15, 0.2) is 0 Å². The highest BCUT2D eigenvalue weighted by Crippen LogP contribution is 2.21. The molecule has 0 amide bonds. The second-order valence-corrected chi connectivity index (χ2v) is 4.22. The third kappa shape index (κ3) is 4.17. The predicted molar refractivity (Wildman–Crippen MR) is 73.8 cm³/mol. The first-order chi connectivity index (χ1) is 10.1. The number of halogens is 2. The number of hydrogen-bond donors (Lipinski definition) is 2. The van der Waals surface area contributed by atoms with Gasteiger partial charge in [-0.15, -0.1) is 0 Å². The lowest BCUT2D eigenvalue weighted by Crippen LogP contribution is -2.07. The number of anilines is 1. The van der Waals surface area contributed by atoms with Crippen LogP contribution in [0.3, 0.4) is 0 Å². The monoisotopic (exact) mass is 293 g/mol. The molecule has 0 atom stereocenters. The Morgan fingerprint density at radius 1 is 1.14 bits per heavy atom. The standard InChI is InChI=1S/C15H13F2NO3/c16-15(17)21-13-4-2-1-3-11(13)9-18-12-7-5-10(6-8-12)14(19)20/h1-8,15,18H,9H2,(H,19,20). The van der Waals surface area contributed by atoms with Crippen molar-refractivity contribution in [1.82, 2.24) is 0 Å². The number of ether oxygens (including phenoxy) is 1. The summed E-state index contributed by atoms with van der Waals surface area (Å²) in [4.78, 5) is 10.7. The Balaban J connectivity index is 2.04. The van der Waals surface area contributed by atoms with Crippen LogP contribution in [-0.2, 0) is 6.54 Å². The van der Waals surface area contributed by atoms with Crippen LogP contribution >= 0.6 is 0 Å². The maximum absolute atomic E-state index is 12.3. The van der Waals surface area contributed by atoms with Crippen LogP contribution in [0.2, 0.25) is 0 Å². The van der Waals surface area contributed by atoms with Crippen molar-refractivity contribution >= 4 is 11.7 Å². The molecule has 2 rings (SSSR count). The average Bonchev–Trinajstić information content (AvgIpc) is 2.46. The van der Waals surface area contributed by atoms with E-state index in [2.05, 4.69) is 10.1 Å². The smallest absolute Gasteiger partial charge is 0.387 e. The van der Waals surface area contributed by atoms with Crippen molar-refractivity contribution < 1.29 is 23.4 Å². The first-order valence-electron chi connectivity index (χ1n) is 6.16. The molecular weight excluding hydrogens is 280 g/mol. The van der Waals surface area contributed by atoms with E-state index in [0.29, 0.717) is 11.3 Å². The maximum Gasteiger partial charge on any atom is 0.387 e. The minimum Gasteiger partial charge on any atom is -0.478 e. The zero-order chi connectivity index (χ0) is 15.2. The van der Waals surface area contributed by atoms with E-state index in [-0.39, 0.29) is 17.9 Å². The number of hydrogen-bond acceptors (Lipinski definition) is 3. The highest BCUT2D eigenvalue weighted by molar-refractivity contribution is 5.87. The number of carboxylic acid groups (broad SMARTS) is 1. The molecule has 0 bridgehead atoms. The molecule has 0 fully saturated rings. The Hall–Kier alpha value is -2.63. The summed E-state index contributed by atoms with van der Waals surface area (Å²) >= 11 is 0. The number of para-hydroxylation sites is 1. The van der Waals surface area contributed by atoms with Gasteiger partial charge in [-0.2, -0.15) is 8.78 Å². The highest BCUT2D eigenvalue weighted by atomic mass is 19.3. The van der Waals surface area contributed by atoms with Gasteiger partial charge < -0.3 is 15.2 Å². The molecule has 4 nitrogen and oxygen atoms in total. The van der Waals surface area contributed by atoms with Gasteiger partial charge in [0.2, 0.25) is 0 Å². The van der Waals surface area contributed by atoms with Crippen molar-refractivity contribution in [2.24, 2.45) is 0 Å². The van der Waals surface area contributed by atoms with Crippen molar-refractivity contribution in [3.63, 3.8) is 0 Å². The van der Waals surface area contributed by atoms with Gasteiger partial charge in [0.05, 0.1) is 5.56 Å². The van der Waals surface area contributed by atoms with Crippen LogP contribution in [0.4, 0.5) is 14.5 Å². The van der Waals surface area contributed by atoms with Crippen LogP contribution in [0.5, 0.6) is 5.75 Å². The summed E-state index contributed by atoms with van der Waals surface area (Å²) < 4.78 is 29.0. The second kappa shape index (κ2) is 6.69. The minimum atomic E-state index is -2.87. The molecule has 0 aliphatic carbocycles. The van der Waals surface area contributed by atoms with Gasteiger partial charge in [-0.3, -0.25) is 0 Å². The lowest BCUT2D eigenvalue weighted by Gasteiger charge is -2.12. The molecule has 0 unspecified atom stereocenters.